The van der Waals surface area contributed by atoms with Gasteiger partial charge in [-0.2, -0.15) is 0 Å². The summed E-state index contributed by atoms with van der Waals surface area (Å²) < 4.78 is 0. The van der Waals surface area contributed by atoms with E-state index in [1.165, 1.54) is 0 Å². The molecule has 2 nitrogen and oxygen atoms in total. The molecule has 2 aliphatic rings. The molecule has 0 radical (unpaired) electrons. The third kappa shape index (κ3) is 0.697. The Morgan fingerprint density at radius 2 is 1.67 bits per heavy atom. The maximum atomic E-state index is 11.2. The van der Waals surface area contributed by atoms with Crippen molar-refractivity contribution in [2.45, 2.75) is 6.92 Å². The Morgan fingerprint density at radius 3 is 1.92 bits per heavy atom. The molecule has 2 atom stereocenters. The maximum absolute atomic E-state index is 11.2. The van der Waals surface area contributed by atoms with Gasteiger partial charge < -0.3 is 0 Å². The van der Waals surface area contributed by atoms with Crippen molar-refractivity contribution >= 4 is 11.6 Å². The molecule has 0 aromatic heterocycles. The summed E-state index contributed by atoms with van der Waals surface area (Å²) >= 11 is 0. The van der Waals surface area contributed by atoms with Gasteiger partial charge in [-0.1, -0.05) is 24.3 Å². The predicted octanol–water partition coefficient (Wildman–Crippen LogP) is 1.13. The Labute approximate surface area is 71.0 Å². The zero-order valence-corrected chi connectivity index (χ0v) is 6.91. The smallest absolute Gasteiger partial charge is 0.206 e. The van der Waals surface area contributed by atoms with Gasteiger partial charge in [0.15, 0.2) is 0 Å². The van der Waals surface area contributed by atoms with E-state index >= 15 is 0 Å². The third-order valence-electron chi connectivity index (χ3n) is 2.72. The first-order valence-corrected chi connectivity index (χ1v) is 4.04. The van der Waals surface area contributed by atoms with E-state index in [0.29, 0.717) is 0 Å². The Hall–Kier alpha value is -1.18. The molecule has 2 heteroatoms. The zero-order valence-electron chi connectivity index (χ0n) is 6.91. The number of ketones is 2. The van der Waals surface area contributed by atoms with Crippen LogP contribution in [0.5, 0.6) is 0 Å². The monoisotopic (exact) mass is 162 g/mol. The Bertz CT molecular complexity index is 288. The lowest BCUT2D eigenvalue weighted by atomic mass is 9.90. The third-order valence-corrected chi connectivity index (χ3v) is 2.72. The second-order valence-electron chi connectivity index (χ2n) is 3.54. The fourth-order valence-corrected chi connectivity index (χ4v) is 2.14. The molecule has 0 aliphatic heterocycles. The highest BCUT2D eigenvalue weighted by molar-refractivity contribution is 6.42. The number of fused-ring (bicyclic) bond motifs is 2. The highest BCUT2D eigenvalue weighted by Crippen LogP contribution is 2.43. The number of carbonyl (C=O) groups is 2. The van der Waals surface area contributed by atoms with Crippen molar-refractivity contribution in [3.8, 4) is 0 Å². The second kappa shape index (κ2) is 2.16. The van der Waals surface area contributed by atoms with E-state index in [1.54, 1.807) is 0 Å². The van der Waals surface area contributed by atoms with Crippen LogP contribution in [0, 0.1) is 17.8 Å². The summed E-state index contributed by atoms with van der Waals surface area (Å²) in [6.45, 7) is 5.68. The van der Waals surface area contributed by atoms with E-state index in [-0.39, 0.29) is 29.3 Å². The van der Waals surface area contributed by atoms with Gasteiger partial charge in [0.25, 0.3) is 0 Å². The van der Waals surface area contributed by atoms with E-state index < -0.39 is 0 Å². The molecule has 2 aliphatic carbocycles. The lowest BCUT2D eigenvalue weighted by Crippen LogP contribution is -2.17. The van der Waals surface area contributed by atoms with Crippen LogP contribution in [-0.4, -0.2) is 11.6 Å². The molecule has 62 valence electrons. The lowest BCUT2D eigenvalue weighted by molar-refractivity contribution is -0.136. The van der Waals surface area contributed by atoms with Gasteiger partial charge in [0.2, 0.25) is 11.6 Å². The molecule has 0 N–H and O–H groups in total. The number of Topliss-reactive ketones (excluding diaryl/α,β-unsaturated/α-hetero) is 2. The minimum atomic E-state index is -0.226. The minimum absolute atomic E-state index is 0.0602. The van der Waals surface area contributed by atoms with E-state index in [4.69, 9.17) is 0 Å². The summed E-state index contributed by atoms with van der Waals surface area (Å²) in [5.41, 5.74) is 0.939. The van der Waals surface area contributed by atoms with E-state index in [9.17, 15) is 9.59 Å². The summed E-state index contributed by atoms with van der Waals surface area (Å²) in [6.07, 6.45) is 3.68. The summed E-state index contributed by atoms with van der Waals surface area (Å²) in [5.74, 6) is -0.781. The van der Waals surface area contributed by atoms with Crippen LogP contribution in [0.2, 0.25) is 0 Å². The standard InChI is InChI=1S/C10H10O2/c1-5(2)8-6-3-4-7(8)10(12)9(6)11/h3-4,6-8H,1H2,2H3. The van der Waals surface area contributed by atoms with Crippen LogP contribution in [-0.2, 0) is 9.59 Å². The van der Waals surface area contributed by atoms with Crippen molar-refractivity contribution in [3.63, 3.8) is 0 Å². The molecule has 0 amide bonds. The van der Waals surface area contributed by atoms with Crippen molar-refractivity contribution in [2.24, 2.45) is 17.8 Å². The van der Waals surface area contributed by atoms with Crippen molar-refractivity contribution < 1.29 is 9.59 Å². The molecule has 1 fully saturated rings. The number of allylic oxidation sites excluding steroid dienone is 3. The Balaban J connectivity index is 2.42. The average Bonchev–Trinajstić information content (AvgIpc) is 2.51. The van der Waals surface area contributed by atoms with Gasteiger partial charge in [-0.05, 0) is 6.92 Å². The van der Waals surface area contributed by atoms with Crippen molar-refractivity contribution in [2.75, 3.05) is 0 Å². The lowest BCUT2D eigenvalue weighted by Gasteiger charge is -2.11. The number of rotatable bonds is 1. The minimum Gasteiger partial charge on any atom is -0.290 e. The van der Waals surface area contributed by atoms with E-state index in [1.807, 2.05) is 19.1 Å². The molecule has 0 saturated heterocycles. The van der Waals surface area contributed by atoms with Crippen LogP contribution in [0.15, 0.2) is 24.3 Å². The summed E-state index contributed by atoms with van der Waals surface area (Å²) in [4.78, 5) is 22.5. The number of hydrogen-bond acceptors (Lipinski definition) is 2. The normalized spacial score (nSPS) is 37.9. The molecule has 0 heterocycles. The molecule has 2 unspecified atom stereocenters. The van der Waals surface area contributed by atoms with Gasteiger partial charge in [-0.25, -0.2) is 0 Å². The molecule has 1 saturated carbocycles. The van der Waals surface area contributed by atoms with Crippen molar-refractivity contribution in [1.29, 1.82) is 0 Å². The number of carbonyl (C=O) groups excluding carboxylic acids is 2. The fourth-order valence-electron chi connectivity index (χ4n) is 2.14. The Kier molecular flexibility index (Phi) is 1.34. The predicted molar refractivity (Wildman–Crippen MR) is 44.4 cm³/mol. The van der Waals surface area contributed by atoms with Gasteiger partial charge in [0.1, 0.15) is 0 Å². The molecule has 0 aromatic rings. The quantitative estimate of drug-likeness (QED) is 0.428. The highest BCUT2D eigenvalue weighted by Gasteiger charge is 2.50. The van der Waals surface area contributed by atoms with Crippen molar-refractivity contribution in [3.05, 3.63) is 24.3 Å². The second-order valence-corrected chi connectivity index (χ2v) is 3.54. The van der Waals surface area contributed by atoms with E-state index in [0.717, 1.165) is 5.57 Å². The molecular formula is C10H10O2. The van der Waals surface area contributed by atoms with Gasteiger partial charge in [0.05, 0.1) is 11.8 Å². The summed E-state index contributed by atoms with van der Waals surface area (Å²) in [6, 6.07) is 0. The van der Waals surface area contributed by atoms with Gasteiger partial charge in [0, 0.05) is 5.92 Å². The van der Waals surface area contributed by atoms with Gasteiger partial charge in [-0.3, -0.25) is 9.59 Å². The maximum Gasteiger partial charge on any atom is 0.206 e. The largest absolute Gasteiger partial charge is 0.290 e. The molecule has 0 aromatic carbocycles. The zero-order chi connectivity index (χ0) is 8.88. The first-order chi connectivity index (χ1) is 5.63. The SMILES string of the molecule is C=C(C)C1C2C=CC1C(=O)C2=O. The van der Waals surface area contributed by atoms with E-state index in [2.05, 4.69) is 6.58 Å². The van der Waals surface area contributed by atoms with Crippen LogP contribution >= 0.6 is 0 Å². The average molecular weight is 162 g/mol. The summed E-state index contributed by atoms with van der Waals surface area (Å²) in [7, 11) is 0. The van der Waals surface area contributed by atoms with Crippen LogP contribution in [0.25, 0.3) is 0 Å². The fraction of sp³-hybridized carbons (Fsp3) is 0.400. The summed E-state index contributed by atoms with van der Waals surface area (Å²) in [5, 5.41) is 0. The molecule has 12 heavy (non-hydrogen) atoms. The van der Waals surface area contributed by atoms with Crippen molar-refractivity contribution in [1.82, 2.24) is 0 Å². The first kappa shape index (κ1) is 7.47. The van der Waals surface area contributed by atoms with Gasteiger partial charge >= 0.3 is 0 Å². The number of hydrogen-bond donors (Lipinski definition) is 0. The molecular weight excluding hydrogens is 152 g/mol. The van der Waals surface area contributed by atoms with Crippen LogP contribution in [0.1, 0.15) is 6.92 Å². The van der Waals surface area contributed by atoms with Crippen LogP contribution in [0.3, 0.4) is 0 Å². The van der Waals surface area contributed by atoms with Gasteiger partial charge in [-0.15, -0.1) is 0 Å². The molecule has 2 rings (SSSR count). The first-order valence-electron chi connectivity index (χ1n) is 4.04. The molecule has 0 spiro atoms. The topological polar surface area (TPSA) is 34.1 Å². The highest BCUT2D eigenvalue weighted by atomic mass is 16.2. The van der Waals surface area contributed by atoms with Crippen LogP contribution in [0.4, 0.5) is 0 Å². The van der Waals surface area contributed by atoms with Crippen LogP contribution < -0.4 is 0 Å². The Morgan fingerprint density at radius 1 is 1.25 bits per heavy atom. The molecule has 2 bridgehead atoms.